The second-order valence-electron chi connectivity index (χ2n) is 6.62. The Hall–Kier alpha value is -1.87. The normalized spacial score (nSPS) is 23.7. The number of nitrogens with zero attached hydrogens (tertiary/aromatic N) is 2. The summed E-state index contributed by atoms with van der Waals surface area (Å²) in [6.07, 6.45) is 6.19. The highest BCUT2D eigenvalue weighted by Gasteiger charge is 2.36. The quantitative estimate of drug-likeness (QED) is 0.939. The highest BCUT2D eigenvalue weighted by molar-refractivity contribution is 5.47. The third-order valence-corrected chi connectivity index (χ3v) is 5.08. The predicted molar refractivity (Wildman–Crippen MR) is 90.1 cm³/mol. The lowest BCUT2D eigenvalue weighted by Gasteiger charge is -2.20. The fourth-order valence-electron chi connectivity index (χ4n) is 3.78. The van der Waals surface area contributed by atoms with Gasteiger partial charge in [-0.2, -0.15) is 0 Å². The van der Waals surface area contributed by atoms with Gasteiger partial charge in [0.2, 0.25) is 0 Å². The van der Waals surface area contributed by atoms with E-state index in [9.17, 15) is 0 Å². The summed E-state index contributed by atoms with van der Waals surface area (Å²) in [5.74, 6) is 1.65. The van der Waals surface area contributed by atoms with Gasteiger partial charge in [0.15, 0.2) is 0 Å². The van der Waals surface area contributed by atoms with E-state index in [4.69, 9.17) is 0 Å². The van der Waals surface area contributed by atoms with Crippen LogP contribution in [0.3, 0.4) is 0 Å². The smallest absolute Gasteiger partial charge is 0.0555 e. The van der Waals surface area contributed by atoms with Gasteiger partial charge in [-0.1, -0.05) is 30.3 Å². The maximum Gasteiger partial charge on any atom is 0.0555 e. The molecule has 0 radical (unpaired) electrons. The lowest BCUT2D eigenvalue weighted by molar-refractivity contribution is 0.533. The van der Waals surface area contributed by atoms with Gasteiger partial charge in [-0.05, 0) is 41.9 Å². The second kappa shape index (κ2) is 6.09. The van der Waals surface area contributed by atoms with E-state index in [2.05, 4.69) is 51.6 Å². The third-order valence-electron chi connectivity index (χ3n) is 5.08. The SMILES string of the molecule is c1ccc(CCc2cncc(N3C[C@H]4CNC[C@H]4C3)c2)cc1. The van der Waals surface area contributed by atoms with E-state index < -0.39 is 0 Å². The molecule has 2 aliphatic heterocycles. The molecule has 2 atom stereocenters. The Morgan fingerprint density at radius 1 is 0.955 bits per heavy atom. The van der Waals surface area contributed by atoms with Crippen molar-refractivity contribution < 1.29 is 0 Å². The van der Waals surface area contributed by atoms with Crippen molar-refractivity contribution in [2.75, 3.05) is 31.1 Å². The van der Waals surface area contributed by atoms with Crippen molar-refractivity contribution in [3.8, 4) is 0 Å². The minimum absolute atomic E-state index is 0.827. The van der Waals surface area contributed by atoms with Crippen LogP contribution in [0.1, 0.15) is 11.1 Å². The molecule has 3 heteroatoms. The number of hydrogen-bond acceptors (Lipinski definition) is 3. The molecule has 3 heterocycles. The average molecular weight is 293 g/mol. The first-order valence-corrected chi connectivity index (χ1v) is 8.32. The molecule has 0 spiro atoms. The van der Waals surface area contributed by atoms with Gasteiger partial charge in [0, 0.05) is 32.4 Å². The highest BCUT2D eigenvalue weighted by atomic mass is 15.2. The minimum Gasteiger partial charge on any atom is -0.370 e. The molecule has 0 saturated carbocycles. The summed E-state index contributed by atoms with van der Waals surface area (Å²) in [5.41, 5.74) is 4.05. The van der Waals surface area contributed by atoms with Gasteiger partial charge in [-0.3, -0.25) is 4.98 Å². The molecule has 4 rings (SSSR count). The van der Waals surface area contributed by atoms with E-state index in [0.29, 0.717) is 0 Å². The van der Waals surface area contributed by atoms with E-state index in [1.165, 1.54) is 43.0 Å². The number of anilines is 1. The summed E-state index contributed by atoms with van der Waals surface area (Å²) < 4.78 is 0. The zero-order valence-electron chi connectivity index (χ0n) is 12.9. The first-order valence-electron chi connectivity index (χ1n) is 8.32. The summed E-state index contributed by atoms with van der Waals surface area (Å²) in [5, 5.41) is 3.50. The van der Waals surface area contributed by atoms with Crippen LogP contribution in [0.15, 0.2) is 48.8 Å². The molecule has 0 amide bonds. The second-order valence-corrected chi connectivity index (χ2v) is 6.62. The monoisotopic (exact) mass is 293 g/mol. The molecule has 0 unspecified atom stereocenters. The van der Waals surface area contributed by atoms with Crippen molar-refractivity contribution in [3.05, 3.63) is 59.9 Å². The lowest BCUT2D eigenvalue weighted by atomic mass is 10.0. The van der Waals surface area contributed by atoms with Crippen LogP contribution in [0.5, 0.6) is 0 Å². The van der Waals surface area contributed by atoms with E-state index in [1.807, 2.05) is 12.4 Å². The maximum atomic E-state index is 4.48. The summed E-state index contributed by atoms with van der Waals surface area (Å²) in [7, 11) is 0. The summed E-state index contributed by atoms with van der Waals surface area (Å²) in [4.78, 5) is 7.00. The molecule has 2 aromatic rings. The Labute approximate surface area is 132 Å². The number of fused-ring (bicyclic) bond motifs is 1. The Morgan fingerprint density at radius 2 is 1.68 bits per heavy atom. The Balaban J connectivity index is 1.42. The van der Waals surface area contributed by atoms with Crippen molar-refractivity contribution in [3.63, 3.8) is 0 Å². The van der Waals surface area contributed by atoms with Crippen LogP contribution in [0, 0.1) is 11.8 Å². The van der Waals surface area contributed by atoms with E-state index in [0.717, 1.165) is 24.7 Å². The number of nitrogens with one attached hydrogen (secondary N) is 1. The molecule has 2 aliphatic rings. The molecule has 114 valence electrons. The lowest BCUT2D eigenvalue weighted by Crippen LogP contribution is -2.25. The number of rotatable bonds is 4. The first kappa shape index (κ1) is 13.8. The van der Waals surface area contributed by atoms with Gasteiger partial charge in [0.25, 0.3) is 0 Å². The third kappa shape index (κ3) is 2.86. The average Bonchev–Trinajstić information content (AvgIpc) is 3.16. The highest BCUT2D eigenvalue weighted by Crippen LogP contribution is 2.30. The molecule has 1 aromatic heterocycles. The van der Waals surface area contributed by atoms with Gasteiger partial charge in [0.05, 0.1) is 11.9 Å². The van der Waals surface area contributed by atoms with Crippen LogP contribution in [0.25, 0.3) is 0 Å². The zero-order chi connectivity index (χ0) is 14.8. The standard InChI is InChI=1S/C19H23N3/c1-2-4-15(5-3-1)6-7-16-8-19(12-20-9-16)22-13-17-10-21-11-18(17)14-22/h1-5,8-9,12,17-18,21H,6-7,10-11,13-14H2/t17-,18+. The molecule has 0 aliphatic carbocycles. The van der Waals surface area contributed by atoms with Gasteiger partial charge in [-0.25, -0.2) is 0 Å². The fraction of sp³-hybridized carbons (Fsp3) is 0.421. The van der Waals surface area contributed by atoms with E-state index in [1.54, 1.807) is 0 Å². The van der Waals surface area contributed by atoms with Crippen LogP contribution >= 0.6 is 0 Å². The van der Waals surface area contributed by atoms with Crippen LogP contribution in [0.4, 0.5) is 5.69 Å². The maximum absolute atomic E-state index is 4.48. The van der Waals surface area contributed by atoms with Gasteiger partial charge in [-0.15, -0.1) is 0 Å². The number of benzene rings is 1. The van der Waals surface area contributed by atoms with E-state index >= 15 is 0 Å². The number of pyridine rings is 1. The molecule has 0 bridgehead atoms. The number of aryl methyl sites for hydroxylation is 2. The molecule has 1 aromatic carbocycles. The number of hydrogen-bond donors (Lipinski definition) is 1. The van der Waals surface area contributed by atoms with Crippen LogP contribution in [0.2, 0.25) is 0 Å². The Kier molecular flexibility index (Phi) is 3.81. The molecule has 2 saturated heterocycles. The summed E-state index contributed by atoms with van der Waals surface area (Å²) >= 11 is 0. The van der Waals surface area contributed by atoms with Gasteiger partial charge in [0.1, 0.15) is 0 Å². The Morgan fingerprint density at radius 3 is 2.45 bits per heavy atom. The minimum atomic E-state index is 0.827. The summed E-state index contributed by atoms with van der Waals surface area (Å²) in [6.45, 7) is 4.73. The van der Waals surface area contributed by atoms with Crippen molar-refractivity contribution in [1.29, 1.82) is 0 Å². The van der Waals surface area contributed by atoms with Gasteiger partial charge >= 0.3 is 0 Å². The largest absolute Gasteiger partial charge is 0.370 e. The van der Waals surface area contributed by atoms with Crippen molar-refractivity contribution in [2.45, 2.75) is 12.8 Å². The first-order chi connectivity index (χ1) is 10.9. The van der Waals surface area contributed by atoms with E-state index in [-0.39, 0.29) is 0 Å². The van der Waals surface area contributed by atoms with Crippen LogP contribution < -0.4 is 10.2 Å². The van der Waals surface area contributed by atoms with Gasteiger partial charge < -0.3 is 10.2 Å². The zero-order valence-corrected chi connectivity index (χ0v) is 12.9. The molecule has 2 fully saturated rings. The summed E-state index contributed by atoms with van der Waals surface area (Å²) in [6, 6.07) is 13.0. The topological polar surface area (TPSA) is 28.2 Å². The predicted octanol–water partition coefficient (Wildman–Crippen LogP) is 2.52. The van der Waals surface area contributed by atoms with Crippen LogP contribution in [-0.2, 0) is 12.8 Å². The fourth-order valence-corrected chi connectivity index (χ4v) is 3.78. The molecule has 22 heavy (non-hydrogen) atoms. The number of aromatic nitrogens is 1. The molecular weight excluding hydrogens is 270 g/mol. The van der Waals surface area contributed by atoms with Crippen molar-refractivity contribution in [2.24, 2.45) is 11.8 Å². The molecule has 3 nitrogen and oxygen atoms in total. The Bertz CT molecular complexity index is 614. The molecular formula is C19H23N3. The van der Waals surface area contributed by atoms with Crippen molar-refractivity contribution >= 4 is 5.69 Å². The molecule has 1 N–H and O–H groups in total. The van der Waals surface area contributed by atoms with Crippen LogP contribution in [-0.4, -0.2) is 31.2 Å². The van der Waals surface area contributed by atoms with Crippen molar-refractivity contribution in [1.82, 2.24) is 10.3 Å².